The molecule has 1 aliphatic heterocycles. The summed E-state index contributed by atoms with van der Waals surface area (Å²) in [5.74, 6) is 0.122. The van der Waals surface area contributed by atoms with E-state index >= 15 is 0 Å². The Balaban J connectivity index is 1.73. The number of nitrogens with zero attached hydrogens (tertiary/aromatic N) is 1. The van der Waals surface area contributed by atoms with Crippen LogP contribution in [0.1, 0.15) is 46.0 Å². The van der Waals surface area contributed by atoms with E-state index in [1.165, 1.54) is 12.8 Å². The molecule has 1 amide bonds. The second-order valence-electron chi connectivity index (χ2n) is 5.31. The van der Waals surface area contributed by atoms with Gasteiger partial charge >= 0.3 is 0 Å². The molecule has 1 N–H and O–H groups in total. The molecular formula is C14H24N2O. The molecule has 3 nitrogen and oxygen atoms in total. The van der Waals surface area contributed by atoms with Crippen molar-refractivity contribution in [2.75, 3.05) is 13.1 Å². The number of piperidine rings is 1. The van der Waals surface area contributed by atoms with E-state index in [4.69, 9.17) is 0 Å². The predicted molar refractivity (Wildman–Crippen MR) is 69.8 cm³/mol. The second-order valence-corrected chi connectivity index (χ2v) is 5.31. The zero-order valence-electron chi connectivity index (χ0n) is 11.0. The first-order valence-electron chi connectivity index (χ1n) is 6.92. The molecule has 0 spiro atoms. The second kappa shape index (κ2) is 5.67. The monoisotopic (exact) mass is 236 g/mol. The van der Waals surface area contributed by atoms with Crippen LogP contribution in [0.4, 0.5) is 0 Å². The lowest BCUT2D eigenvalue weighted by atomic mass is 10.0. The number of rotatable bonds is 4. The van der Waals surface area contributed by atoms with Gasteiger partial charge in [0.2, 0.25) is 5.91 Å². The van der Waals surface area contributed by atoms with E-state index in [0.717, 1.165) is 44.0 Å². The summed E-state index contributed by atoms with van der Waals surface area (Å²) in [6.45, 7) is 6.28. The third kappa shape index (κ3) is 3.56. The Morgan fingerprint density at radius 2 is 1.94 bits per heavy atom. The van der Waals surface area contributed by atoms with Gasteiger partial charge in [0.1, 0.15) is 0 Å². The Kier molecular flexibility index (Phi) is 4.21. The van der Waals surface area contributed by atoms with Crippen molar-refractivity contribution in [1.82, 2.24) is 10.2 Å². The van der Waals surface area contributed by atoms with Gasteiger partial charge in [-0.05, 0) is 39.0 Å². The highest BCUT2D eigenvalue weighted by Gasteiger charge is 2.32. The molecule has 1 heterocycles. The van der Waals surface area contributed by atoms with E-state index in [0.29, 0.717) is 6.04 Å². The van der Waals surface area contributed by atoms with Crippen molar-refractivity contribution < 1.29 is 4.79 Å². The van der Waals surface area contributed by atoms with E-state index in [9.17, 15) is 4.79 Å². The van der Waals surface area contributed by atoms with Crippen LogP contribution in [0.5, 0.6) is 0 Å². The third-order valence-electron chi connectivity index (χ3n) is 3.80. The quantitative estimate of drug-likeness (QED) is 0.758. The van der Waals surface area contributed by atoms with E-state index in [2.05, 4.69) is 17.1 Å². The number of allylic oxidation sites excluding steroid dienone is 1. The van der Waals surface area contributed by atoms with E-state index in [1.54, 1.807) is 0 Å². The minimum atomic E-state index is 0.122. The van der Waals surface area contributed by atoms with Crippen LogP contribution in [-0.2, 0) is 4.79 Å². The predicted octanol–water partition coefficient (Wildman–Crippen LogP) is 2.09. The first-order chi connectivity index (χ1) is 8.20. The maximum atomic E-state index is 11.8. The number of hydrogen-bond donors (Lipinski definition) is 1. The molecule has 17 heavy (non-hydrogen) atoms. The van der Waals surface area contributed by atoms with Crippen LogP contribution in [0.3, 0.4) is 0 Å². The molecule has 1 aliphatic carbocycles. The average molecular weight is 236 g/mol. The summed E-state index contributed by atoms with van der Waals surface area (Å²) in [6, 6.07) is 1.26. The number of carbonyl (C=O) groups excluding carboxylic acids is 1. The Bertz CT molecular complexity index is 299. The van der Waals surface area contributed by atoms with Crippen molar-refractivity contribution in [2.24, 2.45) is 0 Å². The van der Waals surface area contributed by atoms with Gasteiger partial charge in [-0.2, -0.15) is 0 Å². The maximum Gasteiger partial charge on any atom is 0.246 e. The largest absolute Gasteiger partial charge is 0.350 e. The van der Waals surface area contributed by atoms with E-state index in [-0.39, 0.29) is 5.91 Å². The van der Waals surface area contributed by atoms with Crippen LogP contribution in [0.2, 0.25) is 0 Å². The highest BCUT2D eigenvalue weighted by Crippen LogP contribution is 2.29. The van der Waals surface area contributed by atoms with Crippen LogP contribution in [0.15, 0.2) is 11.6 Å². The molecule has 0 unspecified atom stereocenters. The molecule has 0 bridgehead atoms. The van der Waals surface area contributed by atoms with Crippen LogP contribution in [-0.4, -0.2) is 36.0 Å². The number of likely N-dealkylation sites (tertiary alicyclic amines) is 1. The Hall–Kier alpha value is -0.830. The summed E-state index contributed by atoms with van der Waals surface area (Å²) >= 11 is 0. The van der Waals surface area contributed by atoms with Crippen LogP contribution >= 0.6 is 0 Å². The van der Waals surface area contributed by atoms with Gasteiger partial charge in [0, 0.05) is 30.7 Å². The molecule has 0 radical (unpaired) electrons. The summed E-state index contributed by atoms with van der Waals surface area (Å²) in [7, 11) is 0. The Morgan fingerprint density at radius 1 is 1.29 bits per heavy atom. The van der Waals surface area contributed by atoms with Gasteiger partial charge in [-0.3, -0.25) is 4.79 Å². The van der Waals surface area contributed by atoms with Crippen molar-refractivity contribution in [3.63, 3.8) is 0 Å². The zero-order valence-corrected chi connectivity index (χ0v) is 11.0. The summed E-state index contributed by atoms with van der Waals surface area (Å²) in [6.07, 6.45) is 7.92. The molecule has 2 aliphatic rings. The van der Waals surface area contributed by atoms with Crippen molar-refractivity contribution in [3.8, 4) is 0 Å². The van der Waals surface area contributed by atoms with Crippen molar-refractivity contribution in [2.45, 2.75) is 58.0 Å². The highest BCUT2D eigenvalue weighted by molar-refractivity contribution is 5.92. The standard InChI is InChI=1S/C14H24N2O/c1-3-4-11(2)14(17)15-12-7-9-16(10-8-12)13-5-6-13/h4,12-13H,3,5-10H2,1-2H3,(H,15,17)/b11-4+. The molecule has 2 fully saturated rings. The lowest BCUT2D eigenvalue weighted by Gasteiger charge is -2.32. The Morgan fingerprint density at radius 3 is 2.47 bits per heavy atom. The van der Waals surface area contributed by atoms with Gasteiger partial charge in [-0.15, -0.1) is 0 Å². The minimum absolute atomic E-state index is 0.122. The third-order valence-corrected chi connectivity index (χ3v) is 3.80. The van der Waals surface area contributed by atoms with Gasteiger partial charge < -0.3 is 10.2 Å². The number of hydrogen-bond acceptors (Lipinski definition) is 2. The van der Waals surface area contributed by atoms with Gasteiger partial charge in [0.15, 0.2) is 0 Å². The van der Waals surface area contributed by atoms with Gasteiger partial charge in [0.25, 0.3) is 0 Å². The molecule has 96 valence electrons. The number of amides is 1. The summed E-state index contributed by atoms with van der Waals surface area (Å²) in [4.78, 5) is 14.4. The highest BCUT2D eigenvalue weighted by atomic mass is 16.1. The van der Waals surface area contributed by atoms with Gasteiger partial charge in [-0.1, -0.05) is 13.0 Å². The number of carbonyl (C=O) groups is 1. The lowest BCUT2D eigenvalue weighted by molar-refractivity contribution is -0.118. The smallest absolute Gasteiger partial charge is 0.246 e. The maximum absolute atomic E-state index is 11.8. The summed E-state index contributed by atoms with van der Waals surface area (Å²) in [5.41, 5.74) is 0.858. The molecule has 1 saturated heterocycles. The molecule has 3 heteroatoms. The van der Waals surface area contributed by atoms with Crippen molar-refractivity contribution in [3.05, 3.63) is 11.6 Å². The first-order valence-corrected chi connectivity index (χ1v) is 6.92. The normalized spacial score (nSPS) is 23.8. The minimum Gasteiger partial charge on any atom is -0.350 e. The number of nitrogens with one attached hydrogen (secondary N) is 1. The Labute approximate surface area is 104 Å². The van der Waals surface area contributed by atoms with Crippen molar-refractivity contribution in [1.29, 1.82) is 0 Å². The van der Waals surface area contributed by atoms with Gasteiger partial charge in [-0.25, -0.2) is 0 Å². The van der Waals surface area contributed by atoms with E-state index in [1.807, 2.05) is 13.0 Å². The molecule has 0 atom stereocenters. The summed E-state index contributed by atoms with van der Waals surface area (Å²) < 4.78 is 0. The molecule has 0 aromatic heterocycles. The van der Waals surface area contributed by atoms with Crippen LogP contribution in [0, 0.1) is 0 Å². The average Bonchev–Trinajstić information content (AvgIpc) is 3.14. The fourth-order valence-electron chi connectivity index (χ4n) is 2.55. The van der Waals surface area contributed by atoms with E-state index < -0.39 is 0 Å². The summed E-state index contributed by atoms with van der Waals surface area (Å²) in [5, 5.41) is 3.15. The first kappa shape index (κ1) is 12.6. The van der Waals surface area contributed by atoms with Gasteiger partial charge in [0.05, 0.1) is 0 Å². The molecule has 0 aromatic carbocycles. The molecule has 0 aromatic rings. The topological polar surface area (TPSA) is 32.3 Å². The van der Waals surface area contributed by atoms with Crippen LogP contribution < -0.4 is 5.32 Å². The fraction of sp³-hybridized carbons (Fsp3) is 0.786. The lowest BCUT2D eigenvalue weighted by Crippen LogP contribution is -2.45. The molecule has 1 saturated carbocycles. The van der Waals surface area contributed by atoms with Crippen LogP contribution in [0.25, 0.3) is 0 Å². The molecular weight excluding hydrogens is 212 g/mol. The zero-order chi connectivity index (χ0) is 12.3. The molecule has 2 rings (SSSR count). The SMILES string of the molecule is CC/C=C(\C)C(=O)NC1CCN(C2CC2)CC1. The van der Waals surface area contributed by atoms with Crippen molar-refractivity contribution >= 4 is 5.91 Å². The fourth-order valence-corrected chi connectivity index (χ4v) is 2.55.